The predicted molar refractivity (Wildman–Crippen MR) is 68.1 cm³/mol. The smallest absolute Gasteiger partial charge is 0.295 e. The van der Waals surface area contributed by atoms with Gasteiger partial charge in [0.25, 0.3) is 5.69 Å². The maximum Gasteiger partial charge on any atom is 0.295 e. The molecule has 0 aliphatic heterocycles. The predicted octanol–water partition coefficient (Wildman–Crippen LogP) is 3.87. The number of nitro benzene ring substituents is 1. The van der Waals surface area contributed by atoms with Crippen LogP contribution in [0, 0.1) is 27.7 Å². The zero-order chi connectivity index (χ0) is 13.8. The minimum Gasteiger partial charge on any atom is -0.377 e. The van der Waals surface area contributed by atoms with Crippen LogP contribution in [0.5, 0.6) is 0 Å². The highest BCUT2D eigenvalue weighted by Gasteiger charge is 2.22. The van der Waals surface area contributed by atoms with Crippen molar-refractivity contribution in [3.63, 3.8) is 0 Å². The van der Waals surface area contributed by atoms with Gasteiger partial charge in [0.15, 0.2) is 17.3 Å². The van der Waals surface area contributed by atoms with Crippen molar-refractivity contribution in [1.29, 1.82) is 0 Å². The second-order valence-electron chi connectivity index (χ2n) is 4.88. The molecule has 0 saturated heterocycles. The van der Waals surface area contributed by atoms with Gasteiger partial charge >= 0.3 is 0 Å². The second kappa shape index (κ2) is 5.95. The molecule has 1 saturated carbocycles. The standard InChI is InChI=1S/C13H16F2N2O2/c14-10-5-6-11(17(18)19)13(12(10)15)16-8-7-9-3-1-2-4-9/h5-6,9,16H,1-4,7-8H2. The third-order valence-corrected chi connectivity index (χ3v) is 3.60. The van der Waals surface area contributed by atoms with Crippen LogP contribution in [0.3, 0.4) is 0 Å². The zero-order valence-corrected chi connectivity index (χ0v) is 10.5. The van der Waals surface area contributed by atoms with Gasteiger partial charge in [-0.05, 0) is 18.4 Å². The SMILES string of the molecule is O=[N+]([O-])c1ccc(F)c(F)c1NCCC1CCCC1. The highest BCUT2D eigenvalue weighted by molar-refractivity contribution is 5.62. The Hall–Kier alpha value is -1.72. The van der Waals surface area contributed by atoms with Gasteiger partial charge in [0, 0.05) is 12.6 Å². The van der Waals surface area contributed by atoms with Gasteiger partial charge in [-0.1, -0.05) is 25.7 Å². The van der Waals surface area contributed by atoms with Crippen molar-refractivity contribution in [3.8, 4) is 0 Å². The molecule has 0 aromatic heterocycles. The topological polar surface area (TPSA) is 55.2 Å². The van der Waals surface area contributed by atoms with E-state index in [-0.39, 0.29) is 5.69 Å². The first-order chi connectivity index (χ1) is 9.09. The Labute approximate surface area is 110 Å². The van der Waals surface area contributed by atoms with Crippen LogP contribution in [-0.4, -0.2) is 11.5 Å². The van der Waals surface area contributed by atoms with E-state index in [2.05, 4.69) is 5.32 Å². The molecule has 1 aromatic rings. The Kier molecular flexibility index (Phi) is 4.29. The van der Waals surface area contributed by atoms with Crippen LogP contribution >= 0.6 is 0 Å². The summed E-state index contributed by atoms with van der Waals surface area (Å²) >= 11 is 0. The Balaban J connectivity index is 2.05. The lowest BCUT2D eigenvalue weighted by molar-refractivity contribution is -0.384. The third kappa shape index (κ3) is 3.19. The lowest BCUT2D eigenvalue weighted by Gasteiger charge is -2.11. The molecule has 19 heavy (non-hydrogen) atoms. The van der Waals surface area contributed by atoms with Crippen molar-refractivity contribution < 1.29 is 13.7 Å². The van der Waals surface area contributed by atoms with E-state index in [4.69, 9.17) is 0 Å². The van der Waals surface area contributed by atoms with E-state index in [1.165, 1.54) is 12.8 Å². The van der Waals surface area contributed by atoms with Gasteiger partial charge in [-0.15, -0.1) is 0 Å². The van der Waals surface area contributed by atoms with Crippen LogP contribution in [-0.2, 0) is 0 Å². The van der Waals surface area contributed by atoms with Gasteiger partial charge in [-0.25, -0.2) is 8.78 Å². The van der Waals surface area contributed by atoms with Crippen molar-refractivity contribution >= 4 is 11.4 Å². The number of halogens is 2. The molecular formula is C13H16F2N2O2. The first-order valence-electron chi connectivity index (χ1n) is 6.46. The fourth-order valence-electron chi connectivity index (χ4n) is 2.56. The number of hydrogen-bond donors (Lipinski definition) is 1. The summed E-state index contributed by atoms with van der Waals surface area (Å²) in [4.78, 5) is 10.1. The van der Waals surface area contributed by atoms with Gasteiger partial charge < -0.3 is 5.32 Å². The maximum absolute atomic E-state index is 13.6. The summed E-state index contributed by atoms with van der Waals surface area (Å²) in [5, 5.41) is 13.5. The molecule has 0 amide bonds. The molecule has 0 spiro atoms. The third-order valence-electron chi connectivity index (χ3n) is 3.60. The number of nitrogens with zero attached hydrogens (tertiary/aromatic N) is 1. The summed E-state index contributed by atoms with van der Waals surface area (Å²) in [6.45, 7) is 0.423. The Morgan fingerprint density at radius 1 is 1.32 bits per heavy atom. The van der Waals surface area contributed by atoms with Crippen molar-refractivity contribution in [2.75, 3.05) is 11.9 Å². The summed E-state index contributed by atoms with van der Waals surface area (Å²) in [7, 11) is 0. The fraction of sp³-hybridized carbons (Fsp3) is 0.538. The van der Waals surface area contributed by atoms with Crippen LogP contribution in [0.15, 0.2) is 12.1 Å². The van der Waals surface area contributed by atoms with Crippen molar-refractivity contribution in [1.82, 2.24) is 0 Å². The van der Waals surface area contributed by atoms with Crippen LogP contribution in [0.2, 0.25) is 0 Å². The normalized spacial score (nSPS) is 15.7. The van der Waals surface area contributed by atoms with Crippen LogP contribution in [0.4, 0.5) is 20.2 Å². The van der Waals surface area contributed by atoms with Gasteiger partial charge in [-0.2, -0.15) is 0 Å². The summed E-state index contributed by atoms with van der Waals surface area (Å²) in [5.74, 6) is -1.67. The van der Waals surface area contributed by atoms with E-state index in [1.807, 2.05) is 0 Å². The summed E-state index contributed by atoms with van der Waals surface area (Å²) in [6.07, 6.45) is 5.54. The number of nitrogens with one attached hydrogen (secondary N) is 1. The van der Waals surface area contributed by atoms with E-state index in [9.17, 15) is 18.9 Å². The minimum atomic E-state index is -1.18. The van der Waals surface area contributed by atoms with Crippen LogP contribution in [0.25, 0.3) is 0 Å². The highest BCUT2D eigenvalue weighted by atomic mass is 19.2. The van der Waals surface area contributed by atoms with Gasteiger partial charge in [0.05, 0.1) is 4.92 Å². The largest absolute Gasteiger partial charge is 0.377 e. The van der Waals surface area contributed by atoms with E-state index < -0.39 is 22.2 Å². The van der Waals surface area contributed by atoms with E-state index in [0.29, 0.717) is 12.5 Å². The molecule has 1 N–H and O–H groups in total. The van der Waals surface area contributed by atoms with Gasteiger partial charge in [0.1, 0.15) is 0 Å². The van der Waals surface area contributed by atoms with Crippen molar-refractivity contribution in [2.45, 2.75) is 32.1 Å². The fourth-order valence-corrected chi connectivity index (χ4v) is 2.56. The number of anilines is 1. The van der Waals surface area contributed by atoms with Crippen LogP contribution < -0.4 is 5.32 Å². The molecular weight excluding hydrogens is 254 g/mol. The summed E-state index contributed by atoms with van der Waals surface area (Å²) in [5.41, 5.74) is -0.770. The quantitative estimate of drug-likeness (QED) is 0.652. The Morgan fingerprint density at radius 2 is 2.00 bits per heavy atom. The van der Waals surface area contributed by atoms with Crippen LogP contribution in [0.1, 0.15) is 32.1 Å². The molecule has 1 fully saturated rings. The van der Waals surface area contributed by atoms with Gasteiger partial charge in [0.2, 0.25) is 0 Å². The van der Waals surface area contributed by atoms with E-state index in [0.717, 1.165) is 31.4 Å². The molecule has 104 valence electrons. The average Bonchev–Trinajstić information content (AvgIpc) is 2.87. The molecule has 0 radical (unpaired) electrons. The molecule has 0 heterocycles. The number of rotatable bonds is 5. The van der Waals surface area contributed by atoms with Gasteiger partial charge in [-0.3, -0.25) is 10.1 Å². The molecule has 0 atom stereocenters. The second-order valence-corrected chi connectivity index (χ2v) is 4.88. The summed E-state index contributed by atoms with van der Waals surface area (Å²) < 4.78 is 26.7. The molecule has 0 unspecified atom stereocenters. The minimum absolute atomic E-state index is 0.344. The Bertz CT molecular complexity index is 474. The zero-order valence-electron chi connectivity index (χ0n) is 10.5. The van der Waals surface area contributed by atoms with E-state index in [1.54, 1.807) is 0 Å². The molecule has 1 aliphatic rings. The number of hydrogen-bond acceptors (Lipinski definition) is 3. The van der Waals surface area contributed by atoms with Crippen molar-refractivity contribution in [2.24, 2.45) is 5.92 Å². The molecule has 1 aromatic carbocycles. The Morgan fingerprint density at radius 3 is 2.63 bits per heavy atom. The first kappa shape index (κ1) is 13.7. The highest BCUT2D eigenvalue weighted by Crippen LogP contribution is 2.31. The number of nitro groups is 1. The monoisotopic (exact) mass is 270 g/mol. The molecule has 4 nitrogen and oxygen atoms in total. The first-order valence-corrected chi connectivity index (χ1v) is 6.46. The maximum atomic E-state index is 13.6. The summed E-state index contributed by atoms with van der Waals surface area (Å²) in [6, 6.07) is 1.76. The average molecular weight is 270 g/mol. The molecule has 0 bridgehead atoms. The lowest BCUT2D eigenvalue weighted by Crippen LogP contribution is -2.10. The van der Waals surface area contributed by atoms with E-state index >= 15 is 0 Å². The molecule has 2 rings (SSSR count). The molecule has 6 heteroatoms. The number of benzene rings is 1. The molecule has 1 aliphatic carbocycles. The lowest BCUT2D eigenvalue weighted by atomic mass is 10.0. The van der Waals surface area contributed by atoms with Crippen molar-refractivity contribution in [3.05, 3.63) is 33.9 Å².